The van der Waals surface area contributed by atoms with Gasteiger partial charge in [0.05, 0.1) is 0 Å². The maximum absolute atomic E-state index is 8.83. The van der Waals surface area contributed by atoms with Gasteiger partial charge in [-0.25, -0.2) is 9.97 Å². The minimum Gasteiger partial charge on any atom is -0.352 e. The van der Waals surface area contributed by atoms with E-state index < -0.39 is 0 Å². The Bertz CT molecular complexity index is 647. The average Bonchev–Trinajstić information content (AvgIpc) is 2.53. The topological polar surface area (TPSA) is 73.6 Å². The van der Waals surface area contributed by atoms with Crippen LogP contribution in [0.1, 0.15) is 22.9 Å². The van der Waals surface area contributed by atoms with Gasteiger partial charge in [-0.2, -0.15) is 5.26 Å². The molecule has 0 fully saturated rings. The van der Waals surface area contributed by atoms with Crippen LogP contribution in [0.4, 0.5) is 5.95 Å². The molecule has 1 aromatic carbocycles. The number of anilines is 1. The Labute approximate surface area is 117 Å². The number of nitrogens with one attached hydrogen (secondary N) is 2. The zero-order valence-corrected chi connectivity index (χ0v) is 11.0. The Morgan fingerprint density at radius 3 is 3.15 bits per heavy atom. The zero-order valence-electron chi connectivity index (χ0n) is 11.0. The van der Waals surface area contributed by atoms with Gasteiger partial charge in [0, 0.05) is 18.8 Å². The van der Waals surface area contributed by atoms with E-state index in [-0.39, 0.29) is 6.04 Å². The fraction of sp³-hybridized carbons (Fsp3) is 0.267. The molecule has 0 saturated carbocycles. The Morgan fingerprint density at radius 2 is 2.25 bits per heavy atom. The standard InChI is InChI=1S/C15H15N5/c16-9-12-6-8-18-15(20-12)19-10-14-13-4-2-1-3-11(13)5-7-17-14/h1-4,6,8,14,17H,5,7,10H2,(H,18,19,20). The summed E-state index contributed by atoms with van der Waals surface area (Å²) in [5, 5.41) is 15.5. The van der Waals surface area contributed by atoms with E-state index in [2.05, 4.69) is 44.9 Å². The van der Waals surface area contributed by atoms with E-state index in [0.29, 0.717) is 18.2 Å². The van der Waals surface area contributed by atoms with E-state index in [1.165, 1.54) is 11.1 Å². The molecule has 1 atom stereocenters. The molecule has 0 saturated heterocycles. The van der Waals surface area contributed by atoms with Crippen molar-refractivity contribution >= 4 is 5.95 Å². The molecule has 20 heavy (non-hydrogen) atoms. The van der Waals surface area contributed by atoms with E-state index in [9.17, 15) is 0 Å². The number of nitrogens with zero attached hydrogens (tertiary/aromatic N) is 3. The molecule has 5 heteroatoms. The van der Waals surface area contributed by atoms with Crippen LogP contribution >= 0.6 is 0 Å². The third-order valence-corrected chi connectivity index (χ3v) is 3.45. The number of aromatic nitrogens is 2. The largest absolute Gasteiger partial charge is 0.352 e. The lowest BCUT2D eigenvalue weighted by Gasteiger charge is -2.27. The molecule has 0 aliphatic carbocycles. The second kappa shape index (κ2) is 5.68. The minimum atomic E-state index is 0.245. The van der Waals surface area contributed by atoms with Crippen molar-refractivity contribution in [1.82, 2.24) is 15.3 Å². The molecular weight excluding hydrogens is 250 g/mol. The first kappa shape index (κ1) is 12.6. The predicted octanol–water partition coefficient (Wildman–Crippen LogP) is 1.65. The van der Waals surface area contributed by atoms with E-state index in [1.807, 2.05) is 6.07 Å². The molecule has 2 heterocycles. The monoisotopic (exact) mass is 265 g/mol. The molecule has 3 rings (SSSR count). The maximum atomic E-state index is 8.83. The lowest BCUT2D eigenvalue weighted by Crippen LogP contribution is -2.34. The lowest BCUT2D eigenvalue weighted by molar-refractivity contribution is 0.522. The molecule has 100 valence electrons. The summed E-state index contributed by atoms with van der Waals surface area (Å²) in [6, 6.07) is 12.3. The van der Waals surface area contributed by atoms with Gasteiger partial charge in [-0.3, -0.25) is 0 Å². The number of fused-ring (bicyclic) bond motifs is 1. The SMILES string of the molecule is N#Cc1ccnc(NCC2NCCc3ccccc32)n1. The van der Waals surface area contributed by atoms with Crippen LogP contribution < -0.4 is 10.6 Å². The summed E-state index contributed by atoms with van der Waals surface area (Å²) in [4.78, 5) is 8.25. The van der Waals surface area contributed by atoms with E-state index >= 15 is 0 Å². The van der Waals surface area contributed by atoms with Crippen LogP contribution in [0.5, 0.6) is 0 Å². The van der Waals surface area contributed by atoms with Gasteiger partial charge in [0.2, 0.25) is 5.95 Å². The zero-order chi connectivity index (χ0) is 13.8. The van der Waals surface area contributed by atoms with Crippen molar-refractivity contribution in [2.24, 2.45) is 0 Å². The Kier molecular flexibility index (Phi) is 3.57. The van der Waals surface area contributed by atoms with E-state index in [1.54, 1.807) is 12.3 Å². The molecule has 0 bridgehead atoms. The minimum absolute atomic E-state index is 0.245. The summed E-state index contributed by atoms with van der Waals surface area (Å²) in [6.07, 6.45) is 2.66. The molecule has 2 N–H and O–H groups in total. The molecule has 1 aliphatic heterocycles. The van der Waals surface area contributed by atoms with Gasteiger partial charge < -0.3 is 10.6 Å². The highest BCUT2D eigenvalue weighted by Crippen LogP contribution is 2.22. The highest BCUT2D eigenvalue weighted by molar-refractivity contribution is 5.35. The number of rotatable bonds is 3. The maximum Gasteiger partial charge on any atom is 0.223 e. The second-order valence-corrected chi connectivity index (χ2v) is 4.71. The third kappa shape index (κ3) is 2.60. The highest BCUT2D eigenvalue weighted by Gasteiger charge is 2.18. The Hall–Kier alpha value is -2.45. The van der Waals surface area contributed by atoms with Crippen LogP contribution in [-0.2, 0) is 6.42 Å². The van der Waals surface area contributed by atoms with Gasteiger partial charge in [-0.1, -0.05) is 24.3 Å². The molecule has 0 spiro atoms. The second-order valence-electron chi connectivity index (χ2n) is 4.71. The van der Waals surface area contributed by atoms with Crippen molar-refractivity contribution in [2.75, 3.05) is 18.4 Å². The summed E-state index contributed by atoms with van der Waals surface area (Å²) in [5.74, 6) is 0.494. The van der Waals surface area contributed by atoms with Crippen molar-refractivity contribution in [1.29, 1.82) is 5.26 Å². The van der Waals surface area contributed by atoms with Gasteiger partial charge in [0.15, 0.2) is 0 Å². The molecule has 1 aromatic heterocycles. The van der Waals surface area contributed by atoms with Crippen molar-refractivity contribution in [3.63, 3.8) is 0 Å². The lowest BCUT2D eigenvalue weighted by atomic mass is 9.94. The van der Waals surface area contributed by atoms with Gasteiger partial charge >= 0.3 is 0 Å². The van der Waals surface area contributed by atoms with Crippen molar-refractivity contribution in [3.8, 4) is 6.07 Å². The summed E-state index contributed by atoms with van der Waals surface area (Å²) in [5.41, 5.74) is 3.09. The summed E-state index contributed by atoms with van der Waals surface area (Å²) in [7, 11) is 0. The number of benzene rings is 1. The smallest absolute Gasteiger partial charge is 0.223 e. The first-order chi connectivity index (χ1) is 9.86. The third-order valence-electron chi connectivity index (χ3n) is 3.45. The fourth-order valence-corrected chi connectivity index (χ4v) is 2.47. The first-order valence-electron chi connectivity index (χ1n) is 6.65. The Morgan fingerprint density at radius 1 is 1.35 bits per heavy atom. The molecule has 5 nitrogen and oxygen atoms in total. The summed E-state index contributed by atoms with van der Waals surface area (Å²) < 4.78 is 0. The highest BCUT2D eigenvalue weighted by atomic mass is 15.1. The first-order valence-corrected chi connectivity index (χ1v) is 6.65. The van der Waals surface area contributed by atoms with Gasteiger partial charge in [0.1, 0.15) is 11.8 Å². The fourth-order valence-electron chi connectivity index (χ4n) is 2.47. The van der Waals surface area contributed by atoms with Crippen LogP contribution in [0.3, 0.4) is 0 Å². The summed E-state index contributed by atoms with van der Waals surface area (Å²) >= 11 is 0. The van der Waals surface area contributed by atoms with E-state index in [4.69, 9.17) is 5.26 Å². The molecular formula is C15H15N5. The van der Waals surface area contributed by atoms with Crippen molar-refractivity contribution in [2.45, 2.75) is 12.5 Å². The van der Waals surface area contributed by atoms with Crippen molar-refractivity contribution in [3.05, 3.63) is 53.3 Å². The Balaban J connectivity index is 1.72. The van der Waals surface area contributed by atoms with Crippen LogP contribution in [-0.4, -0.2) is 23.1 Å². The molecule has 2 aromatic rings. The number of nitriles is 1. The normalized spacial score (nSPS) is 17.1. The van der Waals surface area contributed by atoms with Crippen LogP contribution in [0, 0.1) is 11.3 Å². The molecule has 0 radical (unpaired) electrons. The van der Waals surface area contributed by atoms with Gasteiger partial charge in [-0.15, -0.1) is 0 Å². The van der Waals surface area contributed by atoms with Gasteiger partial charge in [0.25, 0.3) is 0 Å². The molecule has 1 aliphatic rings. The van der Waals surface area contributed by atoms with E-state index in [0.717, 1.165) is 13.0 Å². The summed E-state index contributed by atoms with van der Waals surface area (Å²) in [6.45, 7) is 1.67. The quantitative estimate of drug-likeness (QED) is 0.882. The number of hydrogen-bond donors (Lipinski definition) is 2. The number of hydrogen-bond acceptors (Lipinski definition) is 5. The predicted molar refractivity (Wildman–Crippen MR) is 76.1 cm³/mol. The molecule has 0 amide bonds. The van der Waals surface area contributed by atoms with Crippen molar-refractivity contribution < 1.29 is 0 Å². The van der Waals surface area contributed by atoms with Crippen LogP contribution in [0.25, 0.3) is 0 Å². The van der Waals surface area contributed by atoms with Crippen LogP contribution in [0.15, 0.2) is 36.5 Å². The van der Waals surface area contributed by atoms with Gasteiger partial charge in [-0.05, 0) is 30.2 Å². The molecule has 1 unspecified atom stereocenters. The average molecular weight is 265 g/mol. The van der Waals surface area contributed by atoms with Crippen LogP contribution in [0.2, 0.25) is 0 Å².